The number of benzene rings is 1. The average molecular weight is 630 g/mol. The summed E-state index contributed by atoms with van der Waals surface area (Å²) in [4.78, 5) is 25.8. The van der Waals surface area contributed by atoms with Gasteiger partial charge in [-0.3, -0.25) is 0 Å². The van der Waals surface area contributed by atoms with Crippen molar-refractivity contribution >= 4 is 33.5 Å². The zero-order chi connectivity index (χ0) is 27.9. The second-order valence-electron chi connectivity index (χ2n) is 10.5. The van der Waals surface area contributed by atoms with Crippen molar-refractivity contribution in [2.75, 3.05) is 14.2 Å². The number of aromatic nitrogens is 1. The van der Waals surface area contributed by atoms with Gasteiger partial charge in [0, 0.05) is 0 Å². The summed E-state index contributed by atoms with van der Waals surface area (Å²) in [7, 11) is 4.91. The van der Waals surface area contributed by atoms with Crippen LogP contribution in [0.3, 0.4) is 0 Å². The Morgan fingerprint density at radius 2 is 1.47 bits per heavy atom. The number of unbranched alkanes of at least 4 members (excludes halogenated alkanes) is 3. The van der Waals surface area contributed by atoms with E-state index in [1.807, 2.05) is 6.92 Å². The van der Waals surface area contributed by atoms with Gasteiger partial charge in [-0.1, -0.05) is 0 Å². The van der Waals surface area contributed by atoms with E-state index in [2.05, 4.69) is 39.0 Å². The Hall–Kier alpha value is -2.22. The molecule has 2 aromatic rings. The van der Waals surface area contributed by atoms with Gasteiger partial charge in [0.15, 0.2) is 0 Å². The Labute approximate surface area is 232 Å². The number of ether oxygens (including phenoxy) is 3. The summed E-state index contributed by atoms with van der Waals surface area (Å²) in [6.07, 6.45) is 8.86. The molecule has 0 saturated carbocycles. The normalized spacial score (nSPS) is 13.4. The van der Waals surface area contributed by atoms with Crippen molar-refractivity contribution in [1.82, 2.24) is 4.57 Å². The van der Waals surface area contributed by atoms with Crippen LogP contribution >= 0.6 is 0 Å². The predicted octanol–water partition coefficient (Wildman–Crippen LogP) is 6.89. The second-order valence-corrected chi connectivity index (χ2v) is 23.7. The second kappa shape index (κ2) is 13.7. The third-order valence-corrected chi connectivity index (χ3v) is 23.8. The first-order chi connectivity index (χ1) is 18.3. The number of ketones is 2. The molecule has 38 heavy (non-hydrogen) atoms. The maximum atomic E-state index is 13.1. The van der Waals surface area contributed by atoms with E-state index in [9.17, 15) is 9.59 Å². The summed E-state index contributed by atoms with van der Waals surface area (Å²) in [5.41, 5.74) is 2.29. The van der Waals surface area contributed by atoms with Gasteiger partial charge in [-0.05, 0) is 0 Å². The Morgan fingerprint density at radius 1 is 0.868 bits per heavy atom. The SMILES string of the molecule is CCC[CH2][Sn]([CH2]CCC)([CH2]CCC)[c]1ccc(OCc2c3c(n(C)c2C)C(=O)C=C(OC)C3=O)c(OC)c1. The zero-order valence-electron chi connectivity index (χ0n) is 24.4. The third-order valence-electron chi connectivity index (χ3n) is 8.15. The van der Waals surface area contributed by atoms with Crippen LogP contribution in [0.15, 0.2) is 30.0 Å². The molecule has 7 heteroatoms. The van der Waals surface area contributed by atoms with Crippen LogP contribution in [-0.4, -0.2) is 48.7 Å². The predicted molar refractivity (Wildman–Crippen MR) is 156 cm³/mol. The number of allylic oxidation sites excluding steroid dienone is 2. The molecule has 208 valence electrons. The first-order valence-corrected chi connectivity index (χ1v) is 21.6. The number of nitrogens with zero attached hydrogens (tertiary/aromatic N) is 1. The molecule has 1 aliphatic carbocycles. The van der Waals surface area contributed by atoms with E-state index in [4.69, 9.17) is 14.2 Å². The van der Waals surface area contributed by atoms with Gasteiger partial charge in [-0.15, -0.1) is 0 Å². The van der Waals surface area contributed by atoms with E-state index in [0.717, 1.165) is 11.4 Å². The molecule has 0 radical (unpaired) electrons. The van der Waals surface area contributed by atoms with Crippen molar-refractivity contribution in [1.29, 1.82) is 0 Å². The third kappa shape index (κ3) is 6.16. The van der Waals surface area contributed by atoms with Crippen LogP contribution in [-0.2, 0) is 18.4 Å². The van der Waals surface area contributed by atoms with E-state index in [0.29, 0.717) is 22.6 Å². The van der Waals surface area contributed by atoms with E-state index in [1.165, 1.54) is 68.6 Å². The molecule has 1 aromatic heterocycles. The average Bonchev–Trinajstić information content (AvgIpc) is 3.19. The van der Waals surface area contributed by atoms with Gasteiger partial charge in [0.1, 0.15) is 0 Å². The number of rotatable bonds is 15. The number of hydrogen-bond acceptors (Lipinski definition) is 5. The molecule has 3 rings (SSSR count). The topological polar surface area (TPSA) is 66.8 Å². The van der Waals surface area contributed by atoms with Crippen LogP contribution in [0.4, 0.5) is 0 Å². The fourth-order valence-electron chi connectivity index (χ4n) is 5.72. The van der Waals surface area contributed by atoms with Crippen molar-refractivity contribution in [3.05, 3.63) is 52.5 Å². The van der Waals surface area contributed by atoms with Crippen LogP contribution < -0.4 is 13.1 Å². The molecule has 0 amide bonds. The van der Waals surface area contributed by atoms with Crippen molar-refractivity contribution in [2.45, 2.75) is 86.1 Å². The number of fused-ring (bicyclic) bond motifs is 1. The van der Waals surface area contributed by atoms with E-state index in [1.54, 1.807) is 18.7 Å². The Kier molecular flexibility index (Phi) is 10.9. The molecule has 1 heterocycles. The van der Waals surface area contributed by atoms with Gasteiger partial charge in [0.2, 0.25) is 0 Å². The minimum absolute atomic E-state index is 0.0614. The molecule has 6 nitrogen and oxygen atoms in total. The molecule has 0 spiro atoms. The van der Waals surface area contributed by atoms with E-state index >= 15 is 0 Å². The van der Waals surface area contributed by atoms with Gasteiger partial charge in [0.25, 0.3) is 0 Å². The van der Waals surface area contributed by atoms with Gasteiger partial charge in [-0.25, -0.2) is 0 Å². The van der Waals surface area contributed by atoms with Crippen molar-refractivity contribution < 1.29 is 23.8 Å². The molecule has 0 unspecified atom stereocenters. The van der Waals surface area contributed by atoms with E-state index < -0.39 is 18.4 Å². The van der Waals surface area contributed by atoms with Gasteiger partial charge < -0.3 is 0 Å². The van der Waals surface area contributed by atoms with Crippen molar-refractivity contribution in [2.24, 2.45) is 7.05 Å². The Balaban J connectivity index is 1.95. The van der Waals surface area contributed by atoms with Gasteiger partial charge >= 0.3 is 233 Å². The molecule has 0 saturated heterocycles. The number of hydrogen-bond donors (Lipinski definition) is 0. The van der Waals surface area contributed by atoms with Crippen molar-refractivity contribution in [3.8, 4) is 11.5 Å². The zero-order valence-corrected chi connectivity index (χ0v) is 27.2. The number of Topliss-reactive ketones (excluding diaryl/α,β-unsaturated/α-hetero) is 1. The molecular weight excluding hydrogens is 585 g/mol. The molecule has 1 aromatic carbocycles. The van der Waals surface area contributed by atoms with Gasteiger partial charge in [0.05, 0.1) is 0 Å². The fraction of sp³-hybridized carbons (Fsp3) is 0.548. The van der Waals surface area contributed by atoms with Crippen LogP contribution in [0.2, 0.25) is 13.3 Å². The Bertz CT molecular complexity index is 1160. The molecule has 1 aliphatic rings. The minimum atomic E-state index is -2.62. The maximum absolute atomic E-state index is 13.1. The molecule has 0 N–H and O–H groups in total. The molecule has 0 aliphatic heterocycles. The molecule has 0 bridgehead atoms. The standard InChI is InChI=1S/C19H18NO5.3C4H9.Sn/c1-11-12(10-25-15-8-6-5-7-14(15)23-3)17-18(20(11)2)13(21)9-16(24-4)19(17)22;3*1-3-4-2;/h6-9H,10H2,1-4H3;3*1,3-4H2,2H3;. The van der Waals surface area contributed by atoms with Crippen LogP contribution in [0, 0.1) is 6.92 Å². The summed E-state index contributed by atoms with van der Waals surface area (Å²) in [6, 6.07) is 6.60. The molecular formula is C31H45NO5Sn. The first kappa shape index (κ1) is 30.3. The van der Waals surface area contributed by atoms with Crippen molar-refractivity contribution in [3.63, 3.8) is 0 Å². The fourth-order valence-corrected chi connectivity index (χ4v) is 21.6. The van der Waals surface area contributed by atoms with E-state index in [-0.39, 0.29) is 23.9 Å². The number of carbonyl (C=O) groups excluding carboxylic acids is 2. The summed E-state index contributed by atoms with van der Waals surface area (Å²) < 4.78 is 24.8. The first-order valence-electron chi connectivity index (χ1n) is 14.1. The summed E-state index contributed by atoms with van der Waals surface area (Å²) in [6.45, 7) is 8.95. The Morgan fingerprint density at radius 3 is 2.00 bits per heavy atom. The monoisotopic (exact) mass is 631 g/mol. The number of carbonyl (C=O) groups is 2. The molecule has 0 atom stereocenters. The summed E-state index contributed by atoms with van der Waals surface area (Å²) in [5, 5.41) is 0. The van der Waals surface area contributed by atoms with Crippen LogP contribution in [0.1, 0.15) is 91.4 Å². The number of methoxy groups -OCH3 is 2. The van der Waals surface area contributed by atoms with Crippen LogP contribution in [0.5, 0.6) is 11.5 Å². The van der Waals surface area contributed by atoms with Gasteiger partial charge in [-0.2, -0.15) is 0 Å². The molecule has 0 fully saturated rings. The quantitative estimate of drug-likeness (QED) is 0.201. The summed E-state index contributed by atoms with van der Waals surface area (Å²) in [5.74, 6) is 0.951. The van der Waals surface area contributed by atoms with Crippen LogP contribution in [0.25, 0.3) is 0 Å². The summed E-state index contributed by atoms with van der Waals surface area (Å²) >= 11 is -2.62.